The number of nitrogens with zero attached hydrogens (tertiary/aromatic N) is 4. The molecule has 0 unspecified atom stereocenters. The monoisotopic (exact) mass is 722 g/mol. The summed E-state index contributed by atoms with van der Waals surface area (Å²) >= 11 is 0. The molecule has 2 heterocycles. The highest BCUT2D eigenvalue weighted by molar-refractivity contribution is 5.91. The number of aromatic hydroxyl groups is 1. The van der Waals surface area contributed by atoms with Crippen molar-refractivity contribution in [2.45, 2.75) is 44.9 Å². The lowest BCUT2D eigenvalue weighted by Crippen LogP contribution is -2.42. The van der Waals surface area contributed by atoms with Crippen molar-refractivity contribution < 1.29 is 39.2 Å². The Balaban J connectivity index is 0.00000202. The molecule has 5 rings (SSSR count). The number of nitriles is 2. The predicted octanol–water partition coefficient (Wildman–Crippen LogP) is 5.13. The summed E-state index contributed by atoms with van der Waals surface area (Å²) in [6, 6.07) is 21.0. The molecule has 53 heavy (non-hydrogen) atoms. The fourth-order valence-corrected chi connectivity index (χ4v) is 5.70. The summed E-state index contributed by atoms with van der Waals surface area (Å²) in [5, 5.41) is 59.8. The second-order valence-electron chi connectivity index (χ2n) is 12.7. The smallest absolute Gasteiger partial charge is 0.290 e. The maximum Gasteiger partial charge on any atom is 0.290 e. The van der Waals surface area contributed by atoms with E-state index in [0.717, 1.165) is 24.0 Å². The molecule has 4 aromatic rings. The lowest BCUT2D eigenvalue weighted by Gasteiger charge is -2.34. The van der Waals surface area contributed by atoms with Crippen LogP contribution in [0.1, 0.15) is 48.9 Å². The molecular formula is C39H39FN6O7. The molecule has 1 aliphatic rings. The van der Waals surface area contributed by atoms with Crippen LogP contribution in [0.25, 0.3) is 28.3 Å². The Labute approximate surface area is 305 Å². The van der Waals surface area contributed by atoms with Gasteiger partial charge in [-0.15, -0.1) is 0 Å². The number of carbonyl (C=O) groups excluding carboxylic acids is 1. The van der Waals surface area contributed by atoms with Crippen LogP contribution in [-0.4, -0.2) is 69.2 Å². The topological polar surface area (TPSA) is 212 Å². The number of carboxylic acid groups (broad SMARTS) is 1. The summed E-state index contributed by atoms with van der Waals surface area (Å²) in [5.41, 5.74) is 4.25. The molecule has 0 atom stereocenters. The van der Waals surface area contributed by atoms with Crippen molar-refractivity contribution in [1.82, 2.24) is 15.8 Å². The van der Waals surface area contributed by atoms with E-state index in [-0.39, 0.29) is 41.7 Å². The van der Waals surface area contributed by atoms with E-state index in [9.17, 15) is 29.9 Å². The number of anilines is 1. The third-order valence-corrected chi connectivity index (χ3v) is 8.31. The van der Waals surface area contributed by atoms with Gasteiger partial charge in [0.05, 0.1) is 11.2 Å². The van der Waals surface area contributed by atoms with Gasteiger partial charge in [0, 0.05) is 49.1 Å². The third-order valence-electron chi connectivity index (χ3n) is 8.31. The number of carbonyl (C=O) groups is 2. The van der Waals surface area contributed by atoms with Gasteiger partial charge in [0.25, 0.3) is 12.4 Å². The van der Waals surface area contributed by atoms with Crippen LogP contribution in [0.2, 0.25) is 0 Å². The molecule has 1 aromatic heterocycles. The van der Waals surface area contributed by atoms with Crippen molar-refractivity contribution in [3.05, 3.63) is 101 Å². The molecule has 1 fully saturated rings. The van der Waals surface area contributed by atoms with Crippen LogP contribution in [-0.2, 0) is 16.1 Å². The molecule has 1 saturated heterocycles. The number of aromatic nitrogens is 1. The fraction of sp³-hybridized carbons (Fsp3) is 0.256. The molecule has 13 nitrogen and oxygen atoms in total. The number of piperidine rings is 1. The highest BCUT2D eigenvalue weighted by Gasteiger charge is 2.26. The van der Waals surface area contributed by atoms with Gasteiger partial charge in [0.15, 0.2) is 11.5 Å². The van der Waals surface area contributed by atoms with Crippen molar-refractivity contribution in [1.29, 1.82) is 10.5 Å². The van der Waals surface area contributed by atoms with Crippen LogP contribution in [0, 0.1) is 28.5 Å². The van der Waals surface area contributed by atoms with Gasteiger partial charge in [-0.1, -0.05) is 36.4 Å². The van der Waals surface area contributed by atoms with E-state index >= 15 is 0 Å². The molecule has 0 aliphatic carbocycles. The first-order valence-corrected chi connectivity index (χ1v) is 16.5. The largest absolute Gasteiger partial charge is 0.504 e. The maximum absolute atomic E-state index is 15.0. The minimum atomic E-state index is -1.11. The van der Waals surface area contributed by atoms with Crippen LogP contribution in [0.4, 0.5) is 10.2 Å². The first-order chi connectivity index (χ1) is 25.4. The highest BCUT2D eigenvalue weighted by atomic mass is 19.1. The second-order valence-corrected chi connectivity index (χ2v) is 12.7. The molecule has 14 heteroatoms. The van der Waals surface area contributed by atoms with Crippen molar-refractivity contribution in [3.8, 4) is 45.9 Å². The van der Waals surface area contributed by atoms with Gasteiger partial charge in [0.1, 0.15) is 35.9 Å². The highest BCUT2D eigenvalue weighted by Crippen LogP contribution is 2.41. The van der Waals surface area contributed by atoms with Crippen molar-refractivity contribution >= 4 is 24.3 Å². The number of ether oxygens (including phenoxy) is 1. The van der Waals surface area contributed by atoms with E-state index in [1.54, 1.807) is 49.8 Å². The lowest BCUT2D eigenvalue weighted by atomic mass is 9.91. The average molecular weight is 723 g/mol. The van der Waals surface area contributed by atoms with Crippen LogP contribution >= 0.6 is 0 Å². The molecule has 6 N–H and O–H groups in total. The van der Waals surface area contributed by atoms with Crippen LogP contribution in [0.15, 0.2) is 72.9 Å². The Bertz CT molecular complexity index is 2030. The Morgan fingerprint density at radius 1 is 1.08 bits per heavy atom. The fourth-order valence-electron chi connectivity index (χ4n) is 5.70. The SMILES string of the molecule is CC(C)(O)COc1ccc(-c2cnc(N3CCC(NCc4ccc(/C=C/C(=O)NO)cc4)CC3)c(C#N)c2-c2ccc(C#N)c(F)c2)cc1O.O=CO. The zero-order valence-electron chi connectivity index (χ0n) is 29.1. The average Bonchev–Trinajstić information content (AvgIpc) is 3.15. The summed E-state index contributed by atoms with van der Waals surface area (Å²) < 4.78 is 20.5. The molecule has 0 saturated carbocycles. The molecule has 0 bridgehead atoms. The predicted molar refractivity (Wildman–Crippen MR) is 194 cm³/mol. The summed E-state index contributed by atoms with van der Waals surface area (Å²) in [6.07, 6.45) is 6.02. The van der Waals surface area contributed by atoms with E-state index in [2.05, 4.69) is 11.4 Å². The maximum atomic E-state index is 15.0. The molecule has 1 amide bonds. The Morgan fingerprint density at radius 2 is 1.75 bits per heavy atom. The number of benzene rings is 3. The number of phenols is 1. The number of pyridine rings is 1. The Kier molecular flexibility index (Phi) is 13.6. The van der Waals surface area contributed by atoms with Crippen LogP contribution in [0.5, 0.6) is 11.5 Å². The molecule has 0 spiro atoms. The van der Waals surface area contributed by atoms with E-state index in [4.69, 9.17) is 24.8 Å². The molecular weight excluding hydrogens is 683 g/mol. The standard InChI is InChI=1S/C38H37FN6O5.CH2O2/c1-38(2,48)23-50-34-11-10-26(18-33(34)46)31-22-43-37(30(20-41)36(31)27-8-9-28(19-40)32(39)17-27)45-15-13-29(14-16-45)42-21-25-5-3-24(4-6-25)7-12-35(47)44-49;2-1-3/h3-12,17-18,22,29,42,46,48-49H,13-16,21,23H2,1-2H3,(H,44,47);1H,(H,2,3)/b12-7+;. The van der Waals surface area contributed by atoms with Crippen molar-refractivity contribution in [2.24, 2.45) is 0 Å². The first-order valence-electron chi connectivity index (χ1n) is 16.5. The normalized spacial score (nSPS) is 13.0. The van der Waals surface area contributed by atoms with E-state index < -0.39 is 17.3 Å². The van der Waals surface area contributed by atoms with Crippen LogP contribution in [0.3, 0.4) is 0 Å². The Morgan fingerprint density at radius 3 is 2.34 bits per heavy atom. The lowest BCUT2D eigenvalue weighted by molar-refractivity contribution is -0.124. The summed E-state index contributed by atoms with van der Waals surface area (Å²) in [7, 11) is 0. The number of halogens is 1. The molecule has 1 aliphatic heterocycles. The number of hydrogen-bond acceptors (Lipinski definition) is 11. The minimum Gasteiger partial charge on any atom is -0.504 e. The second kappa shape index (κ2) is 18.3. The van der Waals surface area contributed by atoms with Gasteiger partial charge in [-0.05, 0) is 79.3 Å². The number of rotatable bonds is 11. The van der Waals surface area contributed by atoms with Gasteiger partial charge in [-0.3, -0.25) is 14.8 Å². The Hall–Kier alpha value is -6.32. The first kappa shape index (κ1) is 39.5. The van der Waals surface area contributed by atoms with Crippen molar-refractivity contribution in [2.75, 3.05) is 24.6 Å². The van der Waals surface area contributed by atoms with E-state index in [1.165, 1.54) is 24.3 Å². The zero-order valence-corrected chi connectivity index (χ0v) is 29.1. The number of aliphatic hydroxyl groups is 1. The zero-order chi connectivity index (χ0) is 38.5. The summed E-state index contributed by atoms with van der Waals surface area (Å²) in [4.78, 5) is 26.3. The van der Waals surface area contributed by atoms with Crippen molar-refractivity contribution in [3.63, 3.8) is 0 Å². The summed E-state index contributed by atoms with van der Waals surface area (Å²) in [6.45, 7) is 4.75. The van der Waals surface area contributed by atoms with Gasteiger partial charge in [-0.2, -0.15) is 10.5 Å². The van der Waals surface area contributed by atoms with E-state index in [0.29, 0.717) is 47.7 Å². The third kappa shape index (κ3) is 10.6. The number of amides is 1. The molecule has 0 radical (unpaired) electrons. The minimum absolute atomic E-state index is 0.0450. The van der Waals surface area contributed by atoms with Gasteiger partial charge in [0.2, 0.25) is 0 Å². The van der Waals surface area contributed by atoms with Gasteiger partial charge in [-0.25, -0.2) is 14.9 Å². The molecule has 3 aromatic carbocycles. The molecule has 274 valence electrons. The number of nitrogens with one attached hydrogen (secondary N) is 2. The van der Waals surface area contributed by atoms with E-state index in [1.807, 2.05) is 35.2 Å². The number of hydroxylamine groups is 1. The van der Waals surface area contributed by atoms with Crippen LogP contribution < -0.4 is 20.4 Å². The van der Waals surface area contributed by atoms with Gasteiger partial charge >= 0.3 is 0 Å². The van der Waals surface area contributed by atoms with Gasteiger partial charge < -0.3 is 30.3 Å². The quantitative estimate of drug-likeness (QED) is 0.0515. The number of hydrogen-bond donors (Lipinski definition) is 6. The summed E-state index contributed by atoms with van der Waals surface area (Å²) in [5.74, 6) is -0.871. The number of phenolic OH excluding ortho intramolecular Hbond substituents is 1.